The summed E-state index contributed by atoms with van der Waals surface area (Å²) in [6, 6.07) is 10.6. The summed E-state index contributed by atoms with van der Waals surface area (Å²) in [5, 5.41) is 16.1. The molecule has 0 amide bonds. The highest BCUT2D eigenvalue weighted by molar-refractivity contribution is 5.73. The van der Waals surface area contributed by atoms with E-state index in [-0.39, 0.29) is 0 Å². The van der Waals surface area contributed by atoms with E-state index in [1.165, 1.54) is 6.20 Å². The smallest absolute Gasteiger partial charge is 0.130 e. The van der Waals surface area contributed by atoms with Gasteiger partial charge in [-0.25, -0.2) is 4.98 Å². The van der Waals surface area contributed by atoms with E-state index in [1.54, 1.807) is 24.3 Å². The standard InChI is InChI=1S/C6H5N3O.C5H7N3/c10-9-6-4-2-1-3-5(6)7-8-9;6-4-1-2-5(7)8-3-4/h1-4,10H;1-3H,6H2,(H2,7,8). The summed E-state index contributed by atoms with van der Waals surface area (Å²) >= 11 is 0. The van der Waals surface area contributed by atoms with Crippen LogP contribution in [-0.2, 0) is 0 Å². The first kappa shape index (κ1) is 11.6. The molecule has 0 atom stereocenters. The van der Waals surface area contributed by atoms with Gasteiger partial charge in [-0.1, -0.05) is 17.0 Å². The van der Waals surface area contributed by atoms with E-state index in [9.17, 15) is 0 Å². The number of nitrogens with zero attached hydrogens (tertiary/aromatic N) is 4. The molecule has 92 valence electrons. The summed E-state index contributed by atoms with van der Waals surface area (Å²) < 4.78 is 0. The molecule has 3 rings (SSSR count). The number of hydrogen-bond donors (Lipinski definition) is 3. The first-order valence-electron chi connectivity index (χ1n) is 5.13. The highest BCUT2D eigenvalue weighted by Gasteiger charge is 1.98. The second kappa shape index (κ2) is 5.00. The number of rotatable bonds is 0. The molecule has 0 unspecified atom stereocenters. The Morgan fingerprint density at radius 1 is 1.06 bits per heavy atom. The van der Waals surface area contributed by atoms with Crippen LogP contribution in [0.15, 0.2) is 42.6 Å². The minimum atomic E-state index is 0.499. The van der Waals surface area contributed by atoms with Crippen molar-refractivity contribution < 1.29 is 5.21 Å². The zero-order valence-corrected chi connectivity index (χ0v) is 9.43. The predicted molar refractivity (Wildman–Crippen MR) is 67.8 cm³/mol. The molecule has 2 heterocycles. The molecule has 0 radical (unpaired) electrons. The minimum absolute atomic E-state index is 0.499. The summed E-state index contributed by atoms with van der Waals surface area (Å²) in [5.41, 5.74) is 12.5. The van der Waals surface area contributed by atoms with E-state index in [0.717, 1.165) is 4.85 Å². The van der Waals surface area contributed by atoms with Gasteiger partial charge >= 0.3 is 0 Å². The van der Waals surface area contributed by atoms with Gasteiger partial charge in [0.25, 0.3) is 0 Å². The maximum absolute atomic E-state index is 8.95. The quantitative estimate of drug-likeness (QED) is 0.506. The lowest BCUT2D eigenvalue weighted by molar-refractivity contribution is 0.155. The van der Waals surface area contributed by atoms with E-state index >= 15 is 0 Å². The van der Waals surface area contributed by atoms with Crippen molar-refractivity contribution in [3.8, 4) is 0 Å². The number of fused-ring (bicyclic) bond motifs is 1. The third-order valence-electron chi connectivity index (χ3n) is 2.14. The largest absolute Gasteiger partial charge is 0.410 e. The molecule has 7 nitrogen and oxygen atoms in total. The normalized spacial score (nSPS) is 9.78. The van der Waals surface area contributed by atoms with Gasteiger partial charge in [-0.2, -0.15) is 0 Å². The number of anilines is 2. The Labute approximate surface area is 103 Å². The molecule has 0 spiro atoms. The molecule has 3 aromatic rings. The fourth-order valence-corrected chi connectivity index (χ4v) is 1.27. The second-order valence-corrected chi connectivity index (χ2v) is 3.48. The maximum atomic E-state index is 8.95. The van der Waals surface area contributed by atoms with Crippen molar-refractivity contribution in [3.63, 3.8) is 0 Å². The Kier molecular flexibility index (Phi) is 3.24. The van der Waals surface area contributed by atoms with Gasteiger partial charge in [0.15, 0.2) is 0 Å². The molecule has 1 aromatic carbocycles. The number of benzene rings is 1. The fraction of sp³-hybridized carbons (Fsp3) is 0. The van der Waals surface area contributed by atoms with Crippen LogP contribution in [0.1, 0.15) is 0 Å². The number of nitrogen functional groups attached to an aromatic ring is 2. The molecule has 5 N–H and O–H groups in total. The van der Waals surface area contributed by atoms with Crippen LogP contribution in [0.2, 0.25) is 0 Å². The van der Waals surface area contributed by atoms with Crippen LogP contribution < -0.4 is 11.5 Å². The monoisotopic (exact) mass is 244 g/mol. The highest BCUT2D eigenvalue weighted by Crippen LogP contribution is 2.06. The van der Waals surface area contributed by atoms with Gasteiger partial charge in [0.1, 0.15) is 16.9 Å². The third-order valence-corrected chi connectivity index (χ3v) is 2.14. The van der Waals surface area contributed by atoms with Crippen LogP contribution >= 0.6 is 0 Å². The summed E-state index contributed by atoms with van der Waals surface area (Å²) in [7, 11) is 0. The molecule has 2 aromatic heterocycles. The summed E-state index contributed by atoms with van der Waals surface area (Å²) in [6.07, 6.45) is 1.52. The van der Waals surface area contributed by atoms with E-state index < -0.39 is 0 Å². The Morgan fingerprint density at radius 3 is 2.44 bits per heavy atom. The van der Waals surface area contributed by atoms with Crippen LogP contribution in [0.3, 0.4) is 0 Å². The van der Waals surface area contributed by atoms with E-state index in [4.69, 9.17) is 16.7 Å². The van der Waals surface area contributed by atoms with Crippen molar-refractivity contribution in [3.05, 3.63) is 42.6 Å². The number of nitrogens with two attached hydrogens (primary N) is 2. The molecule has 0 aliphatic heterocycles. The first-order chi connectivity index (χ1) is 8.66. The fourth-order valence-electron chi connectivity index (χ4n) is 1.27. The number of para-hydroxylation sites is 1. The summed E-state index contributed by atoms with van der Waals surface area (Å²) in [5.74, 6) is 0.499. The van der Waals surface area contributed by atoms with Crippen molar-refractivity contribution in [1.29, 1.82) is 0 Å². The topological polar surface area (TPSA) is 116 Å². The van der Waals surface area contributed by atoms with Gasteiger partial charge < -0.3 is 16.7 Å². The van der Waals surface area contributed by atoms with Crippen molar-refractivity contribution in [2.24, 2.45) is 0 Å². The molecular weight excluding hydrogens is 232 g/mol. The van der Waals surface area contributed by atoms with Crippen LogP contribution in [-0.4, -0.2) is 25.3 Å². The van der Waals surface area contributed by atoms with E-state index in [2.05, 4.69) is 15.3 Å². The molecular formula is C11H12N6O. The average molecular weight is 244 g/mol. The average Bonchev–Trinajstić information content (AvgIpc) is 2.76. The molecule has 0 bridgehead atoms. The molecule has 7 heteroatoms. The van der Waals surface area contributed by atoms with Crippen molar-refractivity contribution >= 4 is 22.5 Å². The molecule has 0 aliphatic rings. The Hall–Kier alpha value is -2.83. The lowest BCUT2D eigenvalue weighted by Gasteiger charge is -1.89. The molecule has 0 saturated heterocycles. The second-order valence-electron chi connectivity index (χ2n) is 3.48. The Balaban J connectivity index is 0.000000138. The third kappa shape index (κ3) is 2.64. The molecule has 0 fully saturated rings. The number of hydrogen-bond acceptors (Lipinski definition) is 6. The van der Waals surface area contributed by atoms with Crippen molar-refractivity contribution in [1.82, 2.24) is 20.1 Å². The van der Waals surface area contributed by atoms with E-state index in [0.29, 0.717) is 22.5 Å². The van der Waals surface area contributed by atoms with E-state index in [1.807, 2.05) is 12.1 Å². The molecule has 0 aliphatic carbocycles. The van der Waals surface area contributed by atoms with Crippen LogP contribution in [0.5, 0.6) is 0 Å². The summed E-state index contributed by atoms with van der Waals surface area (Å²) in [6.45, 7) is 0. The van der Waals surface area contributed by atoms with Crippen molar-refractivity contribution in [2.75, 3.05) is 11.5 Å². The maximum Gasteiger partial charge on any atom is 0.130 e. The number of aromatic nitrogens is 4. The van der Waals surface area contributed by atoms with Gasteiger partial charge in [-0.05, 0) is 29.5 Å². The lowest BCUT2D eigenvalue weighted by Crippen LogP contribution is -1.90. The highest BCUT2D eigenvalue weighted by atomic mass is 16.5. The van der Waals surface area contributed by atoms with Gasteiger partial charge in [-0.15, -0.1) is 5.10 Å². The SMILES string of the molecule is Nc1ccc(N)nc1.On1nnc2ccccc21. The van der Waals surface area contributed by atoms with Gasteiger partial charge in [-0.3, -0.25) is 0 Å². The zero-order valence-electron chi connectivity index (χ0n) is 9.43. The number of pyridine rings is 1. The Morgan fingerprint density at radius 2 is 1.83 bits per heavy atom. The lowest BCUT2D eigenvalue weighted by atomic mass is 10.3. The summed E-state index contributed by atoms with van der Waals surface area (Å²) in [4.78, 5) is 4.49. The minimum Gasteiger partial charge on any atom is -0.410 e. The zero-order chi connectivity index (χ0) is 13.0. The Bertz CT molecular complexity index is 612. The van der Waals surface area contributed by atoms with Crippen molar-refractivity contribution in [2.45, 2.75) is 0 Å². The van der Waals surface area contributed by atoms with Gasteiger partial charge in [0.2, 0.25) is 0 Å². The molecule has 18 heavy (non-hydrogen) atoms. The first-order valence-corrected chi connectivity index (χ1v) is 5.13. The van der Waals surface area contributed by atoms with Crippen LogP contribution in [0, 0.1) is 0 Å². The van der Waals surface area contributed by atoms with Crippen LogP contribution in [0.4, 0.5) is 11.5 Å². The van der Waals surface area contributed by atoms with Crippen LogP contribution in [0.25, 0.3) is 11.0 Å². The predicted octanol–water partition coefficient (Wildman–Crippen LogP) is 0.915. The molecule has 0 saturated carbocycles. The van der Waals surface area contributed by atoms with Gasteiger partial charge in [0.05, 0.1) is 11.9 Å². The van der Waals surface area contributed by atoms with Gasteiger partial charge in [0, 0.05) is 0 Å².